The topological polar surface area (TPSA) is 29.6 Å². The summed E-state index contributed by atoms with van der Waals surface area (Å²) in [5, 5.41) is 0. The SMILES string of the molecule is CC1(C)[C@H]2CC(=O)[C@]1(C)CC21CO1. The molecule has 0 aromatic rings. The van der Waals surface area contributed by atoms with E-state index in [0.29, 0.717) is 11.7 Å². The van der Waals surface area contributed by atoms with Crippen molar-refractivity contribution in [1.82, 2.24) is 0 Å². The summed E-state index contributed by atoms with van der Waals surface area (Å²) in [6.07, 6.45) is 1.72. The van der Waals surface area contributed by atoms with Crippen LogP contribution in [0, 0.1) is 16.7 Å². The average molecular weight is 180 g/mol. The van der Waals surface area contributed by atoms with Crippen LogP contribution in [0.25, 0.3) is 0 Å². The quantitative estimate of drug-likeness (QED) is 0.532. The molecule has 2 nitrogen and oxygen atoms in total. The van der Waals surface area contributed by atoms with Gasteiger partial charge in [0.25, 0.3) is 0 Å². The predicted molar refractivity (Wildman–Crippen MR) is 48.3 cm³/mol. The minimum absolute atomic E-state index is 0.103. The summed E-state index contributed by atoms with van der Waals surface area (Å²) in [7, 11) is 0. The Balaban J connectivity index is 2.14. The van der Waals surface area contributed by atoms with E-state index in [1.165, 1.54) is 0 Å². The van der Waals surface area contributed by atoms with Gasteiger partial charge in [-0.25, -0.2) is 0 Å². The van der Waals surface area contributed by atoms with Crippen molar-refractivity contribution in [3.63, 3.8) is 0 Å². The monoisotopic (exact) mass is 180 g/mol. The van der Waals surface area contributed by atoms with Crippen molar-refractivity contribution in [2.24, 2.45) is 16.7 Å². The third kappa shape index (κ3) is 0.622. The lowest BCUT2D eigenvalue weighted by Gasteiger charge is -2.31. The second-order valence-corrected chi connectivity index (χ2v) is 5.76. The van der Waals surface area contributed by atoms with Crippen molar-refractivity contribution >= 4 is 5.78 Å². The number of ketones is 1. The summed E-state index contributed by atoms with van der Waals surface area (Å²) in [6, 6.07) is 0. The Bertz CT molecular complexity index is 301. The third-order valence-corrected chi connectivity index (χ3v) is 5.10. The summed E-state index contributed by atoms with van der Waals surface area (Å²) in [5.74, 6) is 0.945. The smallest absolute Gasteiger partial charge is 0.139 e. The molecule has 2 aliphatic carbocycles. The minimum Gasteiger partial charge on any atom is -0.369 e. The predicted octanol–water partition coefficient (Wildman–Crippen LogP) is 1.78. The number of fused-ring (bicyclic) bond motifs is 3. The van der Waals surface area contributed by atoms with Crippen LogP contribution in [0.3, 0.4) is 0 Å². The molecule has 2 saturated carbocycles. The van der Waals surface area contributed by atoms with Gasteiger partial charge in [0.2, 0.25) is 0 Å². The molecule has 1 spiro atoms. The van der Waals surface area contributed by atoms with Crippen LogP contribution >= 0.6 is 0 Å². The molecule has 1 unspecified atom stereocenters. The first-order valence-corrected chi connectivity index (χ1v) is 5.10. The summed E-state index contributed by atoms with van der Waals surface area (Å²) < 4.78 is 5.59. The lowest BCUT2D eigenvalue weighted by atomic mass is 9.70. The van der Waals surface area contributed by atoms with E-state index in [2.05, 4.69) is 20.8 Å². The van der Waals surface area contributed by atoms with Crippen LogP contribution < -0.4 is 0 Å². The number of hydrogen-bond acceptors (Lipinski definition) is 2. The first-order valence-electron chi connectivity index (χ1n) is 5.10. The number of epoxide rings is 1. The van der Waals surface area contributed by atoms with Gasteiger partial charge in [0.05, 0.1) is 12.2 Å². The maximum absolute atomic E-state index is 11.8. The largest absolute Gasteiger partial charge is 0.369 e. The summed E-state index contributed by atoms with van der Waals surface area (Å²) >= 11 is 0. The zero-order chi connectivity index (χ0) is 9.48. The maximum Gasteiger partial charge on any atom is 0.139 e. The van der Waals surface area contributed by atoms with Crippen LogP contribution in [0.2, 0.25) is 0 Å². The molecule has 3 atom stereocenters. The Morgan fingerprint density at radius 1 is 1.38 bits per heavy atom. The maximum atomic E-state index is 11.8. The fraction of sp³-hybridized carbons (Fsp3) is 0.909. The van der Waals surface area contributed by atoms with Crippen molar-refractivity contribution in [3.05, 3.63) is 0 Å². The van der Waals surface area contributed by atoms with Crippen molar-refractivity contribution in [2.45, 2.75) is 39.2 Å². The molecule has 72 valence electrons. The third-order valence-electron chi connectivity index (χ3n) is 5.10. The summed E-state index contributed by atoms with van der Waals surface area (Å²) in [4.78, 5) is 11.8. The second kappa shape index (κ2) is 1.72. The van der Waals surface area contributed by atoms with E-state index >= 15 is 0 Å². The Morgan fingerprint density at radius 3 is 2.31 bits per heavy atom. The van der Waals surface area contributed by atoms with Crippen molar-refractivity contribution in [2.75, 3.05) is 6.61 Å². The average Bonchev–Trinajstić information content (AvgIpc) is 2.71. The molecule has 0 aromatic heterocycles. The molecular formula is C11H16O2. The van der Waals surface area contributed by atoms with Gasteiger partial charge in [0.1, 0.15) is 5.78 Å². The number of carbonyl (C=O) groups excluding carboxylic acids is 1. The van der Waals surface area contributed by atoms with Crippen LogP contribution in [0.5, 0.6) is 0 Å². The normalized spacial score (nSPS) is 56.2. The zero-order valence-electron chi connectivity index (χ0n) is 8.52. The molecule has 2 bridgehead atoms. The Kier molecular flexibility index (Phi) is 1.06. The van der Waals surface area contributed by atoms with Crippen LogP contribution in [-0.2, 0) is 9.53 Å². The molecule has 0 aromatic carbocycles. The van der Waals surface area contributed by atoms with Gasteiger partial charge >= 0.3 is 0 Å². The second-order valence-electron chi connectivity index (χ2n) is 5.76. The van der Waals surface area contributed by atoms with Gasteiger partial charge in [-0.2, -0.15) is 0 Å². The van der Waals surface area contributed by atoms with Crippen molar-refractivity contribution in [1.29, 1.82) is 0 Å². The van der Waals surface area contributed by atoms with E-state index in [4.69, 9.17) is 4.74 Å². The van der Waals surface area contributed by atoms with E-state index in [-0.39, 0.29) is 16.4 Å². The molecule has 3 fully saturated rings. The van der Waals surface area contributed by atoms with Gasteiger partial charge in [0, 0.05) is 17.8 Å². The first-order chi connectivity index (χ1) is 5.92. The highest BCUT2D eigenvalue weighted by Crippen LogP contribution is 2.71. The van der Waals surface area contributed by atoms with Gasteiger partial charge < -0.3 is 4.74 Å². The molecule has 1 aliphatic heterocycles. The van der Waals surface area contributed by atoms with Gasteiger partial charge in [-0.05, 0) is 11.8 Å². The van der Waals surface area contributed by atoms with E-state index in [1.807, 2.05) is 0 Å². The van der Waals surface area contributed by atoms with Crippen LogP contribution in [0.1, 0.15) is 33.6 Å². The highest BCUT2D eigenvalue weighted by Gasteiger charge is 2.75. The molecule has 0 radical (unpaired) electrons. The zero-order valence-corrected chi connectivity index (χ0v) is 8.52. The number of carbonyl (C=O) groups is 1. The highest BCUT2D eigenvalue weighted by molar-refractivity contribution is 5.90. The molecule has 2 heteroatoms. The standard InChI is InChI=1S/C11H16O2/c1-9(2)7-4-8(12)10(9,3)5-11(7)6-13-11/h7H,4-6H2,1-3H3/t7-,10+,11?/m1/s1. The molecule has 1 heterocycles. The van der Waals surface area contributed by atoms with Gasteiger partial charge in [-0.3, -0.25) is 4.79 Å². The molecule has 3 rings (SSSR count). The van der Waals surface area contributed by atoms with E-state index < -0.39 is 0 Å². The van der Waals surface area contributed by atoms with Crippen LogP contribution in [0.4, 0.5) is 0 Å². The summed E-state index contributed by atoms with van der Waals surface area (Å²) in [5.41, 5.74) is 0.168. The lowest BCUT2D eigenvalue weighted by Crippen LogP contribution is -2.33. The molecule has 0 N–H and O–H groups in total. The molecular weight excluding hydrogens is 164 g/mol. The van der Waals surface area contributed by atoms with Gasteiger partial charge in [-0.15, -0.1) is 0 Å². The van der Waals surface area contributed by atoms with Gasteiger partial charge in [0.15, 0.2) is 0 Å². The molecule has 3 aliphatic rings. The number of ether oxygens (including phenoxy) is 1. The van der Waals surface area contributed by atoms with E-state index in [1.54, 1.807) is 0 Å². The molecule has 0 amide bonds. The fourth-order valence-corrected chi connectivity index (χ4v) is 3.70. The highest BCUT2D eigenvalue weighted by atomic mass is 16.6. The summed E-state index contributed by atoms with van der Waals surface area (Å²) in [6.45, 7) is 7.49. The Labute approximate surface area is 78.6 Å². The fourth-order valence-electron chi connectivity index (χ4n) is 3.70. The molecule has 1 saturated heterocycles. The van der Waals surface area contributed by atoms with Crippen LogP contribution in [-0.4, -0.2) is 18.0 Å². The van der Waals surface area contributed by atoms with E-state index in [9.17, 15) is 4.79 Å². The Morgan fingerprint density at radius 2 is 2.00 bits per heavy atom. The number of rotatable bonds is 0. The van der Waals surface area contributed by atoms with Crippen molar-refractivity contribution < 1.29 is 9.53 Å². The number of Topliss-reactive ketones (excluding diaryl/α,β-unsaturated/α-hetero) is 1. The Hall–Kier alpha value is -0.370. The minimum atomic E-state index is -0.103. The molecule has 13 heavy (non-hydrogen) atoms. The number of hydrogen-bond donors (Lipinski definition) is 0. The van der Waals surface area contributed by atoms with Gasteiger partial charge in [-0.1, -0.05) is 20.8 Å². The van der Waals surface area contributed by atoms with E-state index in [0.717, 1.165) is 19.4 Å². The first kappa shape index (κ1) is 7.98. The van der Waals surface area contributed by atoms with Crippen molar-refractivity contribution in [3.8, 4) is 0 Å². The van der Waals surface area contributed by atoms with Crippen LogP contribution in [0.15, 0.2) is 0 Å². The lowest BCUT2D eigenvalue weighted by molar-refractivity contribution is -0.129.